The van der Waals surface area contributed by atoms with E-state index in [4.69, 9.17) is 0 Å². The summed E-state index contributed by atoms with van der Waals surface area (Å²) < 4.78 is 0. The van der Waals surface area contributed by atoms with Crippen LogP contribution in [0.5, 0.6) is 0 Å². The van der Waals surface area contributed by atoms with E-state index in [1.165, 1.54) is 24.9 Å². The Hall–Kier alpha value is -2.44. The molecule has 0 saturated carbocycles. The molecule has 2 N–H and O–H groups in total. The molecular formula is C14H18N6O. The minimum Gasteiger partial charge on any atom is -0.372 e. The van der Waals surface area contributed by atoms with Gasteiger partial charge in [-0.25, -0.2) is 0 Å². The van der Waals surface area contributed by atoms with Crippen LogP contribution in [-0.2, 0) is 11.2 Å². The number of hydrogen-bond donors (Lipinski definition) is 2. The predicted molar refractivity (Wildman–Crippen MR) is 79.0 cm³/mol. The molecule has 7 heteroatoms. The number of amides is 1. The fraction of sp³-hybridized carbons (Fsp3) is 0.429. The highest BCUT2D eigenvalue weighted by Gasteiger charge is 2.11. The van der Waals surface area contributed by atoms with E-state index in [0.717, 1.165) is 18.8 Å². The van der Waals surface area contributed by atoms with Crippen LogP contribution in [-0.4, -0.2) is 39.6 Å². The number of aromatic nitrogens is 4. The van der Waals surface area contributed by atoms with Crippen molar-refractivity contribution < 1.29 is 4.79 Å². The van der Waals surface area contributed by atoms with Gasteiger partial charge in [-0.2, -0.15) is 5.21 Å². The third-order valence-electron chi connectivity index (χ3n) is 3.58. The normalized spacial score (nSPS) is 15.0. The van der Waals surface area contributed by atoms with Crippen molar-refractivity contribution in [3.8, 4) is 0 Å². The van der Waals surface area contributed by atoms with Gasteiger partial charge in [-0.3, -0.25) is 4.79 Å². The summed E-state index contributed by atoms with van der Waals surface area (Å²) in [5, 5.41) is 16.1. The SMILES string of the molecule is O=C(Cc1nn[nH]n1)Nc1ccc(N2CCCCC2)cc1. The zero-order chi connectivity index (χ0) is 14.5. The standard InChI is InChI=1S/C14H18N6O/c21-14(10-13-16-18-19-17-13)15-11-4-6-12(7-5-11)20-8-2-1-3-9-20/h4-7H,1-3,8-10H2,(H,15,21)(H,16,17,18,19). The fourth-order valence-corrected chi connectivity index (χ4v) is 2.51. The van der Waals surface area contributed by atoms with E-state index in [2.05, 4.69) is 43.0 Å². The van der Waals surface area contributed by atoms with Crippen molar-refractivity contribution in [2.24, 2.45) is 0 Å². The van der Waals surface area contributed by atoms with Gasteiger partial charge >= 0.3 is 0 Å². The topological polar surface area (TPSA) is 86.8 Å². The van der Waals surface area contributed by atoms with Crippen LogP contribution in [0.1, 0.15) is 25.1 Å². The molecule has 1 aliphatic heterocycles. The van der Waals surface area contributed by atoms with E-state index in [1.54, 1.807) is 0 Å². The number of tetrazole rings is 1. The highest BCUT2D eigenvalue weighted by atomic mass is 16.1. The number of benzene rings is 1. The van der Waals surface area contributed by atoms with Crippen molar-refractivity contribution in [3.05, 3.63) is 30.1 Å². The maximum Gasteiger partial charge on any atom is 0.232 e. The maximum absolute atomic E-state index is 11.8. The van der Waals surface area contributed by atoms with Crippen molar-refractivity contribution >= 4 is 17.3 Å². The lowest BCUT2D eigenvalue weighted by molar-refractivity contribution is -0.115. The summed E-state index contributed by atoms with van der Waals surface area (Å²) in [6, 6.07) is 7.96. The molecule has 2 aromatic rings. The smallest absolute Gasteiger partial charge is 0.232 e. The molecule has 1 aromatic heterocycles. The van der Waals surface area contributed by atoms with Gasteiger partial charge in [0.15, 0.2) is 5.82 Å². The molecule has 1 fully saturated rings. The Labute approximate surface area is 122 Å². The zero-order valence-electron chi connectivity index (χ0n) is 11.7. The lowest BCUT2D eigenvalue weighted by Gasteiger charge is -2.28. The second-order valence-electron chi connectivity index (χ2n) is 5.15. The van der Waals surface area contributed by atoms with Crippen molar-refractivity contribution in [1.29, 1.82) is 0 Å². The van der Waals surface area contributed by atoms with Gasteiger partial charge in [0.05, 0.1) is 6.42 Å². The monoisotopic (exact) mass is 286 g/mol. The third kappa shape index (κ3) is 3.56. The Morgan fingerprint density at radius 3 is 2.62 bits per heavy atom. The quantitative estimate of drug-likeness (QED) is 0.886. The summed E-state index contributed by atoms with van der Waals surface area (Å²) in [6.07, 6.45) is 3.94. The number of hydrogen-bond acceptors (Lipinski definition) is 5. The number of carbonyl (C=O) groups is 1. The van der Waals surface area contributed by atoms with Crippen LogP contribution in [0.2, 0.25) is 0 Å². The summed E-state index contributed by atoms with van der Waals surface area (Å²) >= 11 is 0. The first-order chi connectivity index (χ1) is 10.3. The largest absolute Gasteiger partial charge is 0.372 e. The number of rotatable bonds is 4. The summed E-state index contributed by atoms with van der Waals surface area (Å²) in [4.78, 5) is 14.2. The number of piperidine rings is 1. The average Bonchev–Trinajstić information content (AvgIpc) is 3.02. The van der Waals surface area contributed by atoms with E-state index >= 15 is 0 Å². The molecule has 0 bridgehead atoms. The van der Waals surface area contributed by atoms with Gasteiger partial charge < -0.3 is 10.2 Å². The summed E-state index contributed by atoms with van der Waals surface area (Å²) in [7, 11) is 0. The van der Waals surface area contributed by atoms with Crippen molar-refractivity contribution in [2.75, 3.05) is 23.3 Å². The van der Waals surface area contributed by atoms with Gasteiger partial charge in [-0.05, 0) is 43.5 Å². The molecule has 21 heavy (non-hydrogen) atoms. The van der Waals surface area contributed by atoms with Crippen LogP contribution in [0.4, 0.5) is 11.4 Å². The lowest BCUT2D eigenvalue weighted by atomic mass is 10.1. The number of carbonyl (C=O) groups excluding carboxylic acids is 1. The predicted octanol–water partition coefficient (Wildman–Crippen LogP) is 1.37. The molecule has 2 heterocycles. The number of H-pyrrole nitrogens is 1. The van der Waals surface area contributed by atoms with Crippen LogP contribution >= 0.6 is 0 Å². The number of aromatic amines is 1. The molecule has 0 aliphatic carbocycles. The Bertz CT molecular complexity index is 574. The van der Waals surface area contributed by atoms with Gasteiger partial charge in [0.2, 0.25) is 5.91 Å². The van der Waals surface area contributed by atoms with Gasteiger partial charge in [0.25, 0.3) is 0 Å². The highest BCUT2D eigenvalue weighted by molar-refractivity contribution is 5.91. The Kier molecular flexibility index (Phi) is 4.09. The van der Waals surface area contributed by atoms with Crippen LogP contribution in [0.3, 0.4) is 0 Å². The van der Waals surface area contributed by atoms with Crippen LogP contribution in [0.25, 0.3) is 0 Å². The number of nitrogens with zero attached hydrogens (tertiary/aromatic N) is 4. The molecule has 0 radical (unpaired) electrons. The molecule has 1 aliphatic rings. The molecule has 0 unspecified atom stereocenters. The zero-order valence-corrected chi connectivity index (χ0v) is 11.7. The van der Waals surface area contributed by atoms with Gasteiger partial charge in [0, 0.05) is 24.5 Å². The summed E-state index contributed by atoms with van der Waals surface area (Å²) in [5.74, 6) is 0.236. The molecule has 7 nitrogen and oxygen atoms in total. The van der Waals surface area contributed by atoms with Crippen LogP contribution in [0, 0.1) is 0 Å². The fourth-order valence-electron chi connectivity index (χ4n) is 2.51. The molecule has 0 spiro atoms. The highest BCUT2D eigenvalue weighted by Crippen LogP contribution is 2.21. The molecule has 110 valence electrons. The van der Waals surface area contributed by atoms with E-state index in [9.17, 15) is 4.79 Å². The molecule has 1 amide bonds. The third-order valence-corrected chi connectivity index (χ3v) is 3.58. The summed E-state index contributed by atoms with van der Waals surface area (Å²) in [5.41, 5.74) is 2.00. The molecule has 1 aromatic carbocycles. The first-order valence-electron chi connectivity index (χ1n) is 7.18. The van der Waals surface area contributed by atoms with Crippen molar-refractivity contribution in [2.45, 2.75) is 25.7 Å². The Morgan fingerprint density at radius 1 is 1.19 bits per heavy atom. The summed E-state index contributed by atoms with van der Waals surface area (Å²) in [6.45, 7) is 2.23. The van der Waals surface area contributed by atoms with E-state index in [0.29, 0.717) is 5.82 Å². The van der Waals surface area contributed by atoms with Crippen LogP contribution in [0.15, 0.2) is 24.3 Å². The maximum atomic E-state index is 11.8. The van der Waals surface area contributed by atoms with Crippen molar-refractivity contribution in [3.63, 3.8) is 0 Å². The van der Waals surface area contributed by atoms with E-state index in [1.807, 2.05) is 12.1 Å². The second kappa shape index (κ2) is 6.34. The minimum absolute atomic E-state index is 0.115. The first kappa shape index (κ1) is 13.5. The molecule has 3 rings (SSSR count). The van der Waals surface area contributed by atoms with Gasteiger partial charge in [-0.15, -0.1) is 10.2 Å². The van der Waals surface area contributed by atoms with Gasteiger partial charge in [0.1, 0.15) is 0 Å². The number of nitrogens with one attached hydrogen (secondary N) is 2. The molecule has 0 atom stereocenters. The van der Waals surface area contributed by atoms with Crippen molar-refractivity contribution in [1.82, 2.24) is 20.6 Å². The van der Waals surface area contributed by atoms with Crippen LogP contribution < -0.4 is 10.2 Å². The van der Waals surface area contributed by atoms with E-state index < -0.39 is 0 Å². The number of anilines is 2. The Morgan fingerprint density at radius 2 is 1.95 bits per heavy atom. The second-order valence-corrected chi connectivity index (χ2v) is 5.15. The molecular weight excluding hydrogens is 268 g/mol. The average molecular weight is 286 g/mol. The van der Waals surface area contributed by atoms with Gasteiger partial charge in [-0.1, -0.05) is 5.21 Å². The van der Waals surface area contributed by atoms with E-state index in [-0.39, 0.29) is 12.3 Å². The first-order valence-corrected chi connectivity index (χ1v) is 7.18. The minimum atomic E-state index is -0.151. The molecule has 1 saturated heterocycles. The lowest BCUT2D eigenvalue weighted by Crippen LogP contribution is -2.29. The Balaban J connectivity index is 1.57.